The SMILES string of the molecule is Cc1cccc(/C=N/Nc2cc(N3CCOCC3)n3nc(C(=O)NC4COC4)cc3n2)c1. The minimum Gasteiger partial charge on any atom is -0.378 e. The summed E-state index contributed by atoms with van der Waals surface area (Å²) in [5.74, 6) is 1.17. The normalized spacial score (nSPS) is 17.0. The number of aromatic nitrogens is 3. The number of carbonyl (C=O) groups excluding carboxylic acids is 1. The predicted octanol–water partition coefficient (Wildman–Crippen LogP) is 1.45. The van der Waals surface area contributed by atoms with Crippen molar-refractivity contribution in [2.45, 2.75) is 13.0 Å². The molecule has 166 valence electrons. The lowest BCUT2D eigenvalue weighted by Crippen LogP contribution is -2.48. The third-order valence-electron chi connectivity index (χ3n) is 5.38. The van der Waals surface area contributed by atoms with E-state index in [1.54, 1.807) is 16.8 Å². The highest BCUT2D eigenvalue weighted by Gasteiger charge is 2.24. The first-order valence-electron chi connectivity index (χ1n) is 10.6. The first-order chi connectivity index (χ1) is 15.7. The van der Waals surface area contributed by atoms with Crippen LogP contribution in [-0.4, -0.2) is 72.3 Å². The first-order valence-corrected chi connectivity index (χ1v) is 10.6. The number of aryl methyl sites for hydroxylation is 1. The minimum absolute atomic E-state index is 0.0344. The zero-order valence-electron chi connectivity index (χ0n) is 17.8. The van der Waals surface area contributed by atoms with Crippen molar-refractivity contribution in [1.82, 2.24) is 19.9 Å². The van der Waals surface area contributed by atoms with Gasteiger partial charge >= 0.3 is 0 Å². The molecule has 0 atom stereocenters. The van der Waals surface area contributed by atoms with Crippen molar-refractivity contribution in [2.24, 2.45) is 5.10 Å². The lowest BCUT2D eigenvalue weighted by atomic mass is 10.2. The molecule has 32 heavy (non-hydrogen) atoms. The monoisotopic (exact) mass is 435 g/mol. The minimum atomic E-state index is -0.233. The number of nitrogens with zero attached hydrogens (tertiary/aromatic N) is 5. The van der Waals surface area contributed by atoms with Crippen LogP contribution < -0.4 is 15.6 Å². The Bertz CT molecular complexity index is 1150. The van der Waals surface area contributed by atoms with Gasteiger partial charge in [-0.05, 0) is 12.5 Å². The van der Waals surface area contributed by atoms with E-state index in [-0.39, 0.29) is 11.9 Å². The quantitative estimate of drug-likeness (QED) is 0.446. The van der Waals surface area contributed by atoms with Crippen LogP contribution in [0.15, 0.2) is 41.5 Å². The highest BCUT2D eigenvalue weighted by Crippen LogP contribution is 2.22. The van der Waals surface area contributed by atoms with Gasteiger partial charge in [0.1, 0.15) is 5.82 Å². The molecular formula is C22H25N7O3. The van der Waals surface area contributed by atoms with Gasteiger partial charge in [-0.1, -0.05) is 29.8 Å². The van der Waals surface area contributed by atoms with Gasteiger partial charge in [-0.25, -0.2) is 4.98 Å². The van der Waals surface area contributed by atoms with Gasteiger partial charge in [0.15, 0.2) is 17.2 Å². The molecule has 0 spiro atoms. The summed E-state index contributed by atoms with van der Waals surface area (Å²) in [6.45, 7) is 5.83. The highest BCUT2D eigenvalue weighted by atomic mass is 16.5. The van der Waals surface area contributed by atoms with Crippen LogP contribution in [0.4, 0.5) is 11.6 Å². The zero-order valence-corrected chi connectivity index (χ0v) is 17.8. The van der Waals surface area contributed by atoms with E-state index in [0.29, 0.717) is 43.6 Å². The van der Waals surface area contributed by atoms with Crippen molar-refractivity contribution in [3.05, 3.63) is 53.2 Å². The molecule has 2 aromatic heterocycles. The van der Waals surface area contributed by atoms with Crippen molar-refractivity contribution >= 4 is 29.4 Å². The van der Waals surface area contributed by atoms with Crippen molar-refractivity contribution in [1.29, 1.82) is 0 Å². The number of rotatable bonds is 6. The summed E-state index contributed by atoms with van der Waals surface area (Å²) < 4.78 is 12.3. The Labute approximate surface area is 185 Å². The van der Waals surface area contributed by atoms with E-state index in [1.807, 2.05) is 31.2 Å². The summed E-state index contributed by atoms with van der Waals surface area (Å²) in [6.07, 6.45) is 1.75. The van der Waals surface area contributed by atoms with Gasteiger partial charge in [-0.2, -0.15) is 14.7 Å². The molecule has 0 bridgehead atoms. The van der Waals surface area contributed by atoms with Crippen LogP contribution >= 0.6 is 0 Å². The Morgan fingerprint density at radius 1 is 1.19 bits per heavy atom. The molecule has 0 radical (unpaired) electrons. The fraction of sp³-hybridized carbons (Fsp3) is 0.364. The van der Waals surface area contributed by atoms with Crippen molar-refractivity contribution < 1.29 is 14.3 Å². The van der Waals surface area contributed by atoms with Gasteiger partial charge in [0.05, 0.1) is 38.7 Å². The van der Waals surface area contributed by atoms with E-state index in [2.05, 4.69) is 36.9 Å². The maximum atomic E-state index is 12.6. The van der Waals surface area contributed by atoms with E-state index < -0.39 is 0 Å². The molecule has 2 fully saturated rings. The third-order valence-corrected chi connectivity index (χ3v) is 5.38. The molecule has 2 N–H and O–H groups in total. The number of hydrogen-bond donors (Lipinski definition) is 2. The topological polar surface area (TPSA) is 105 Å². The second kappa shape index (κ2) is 8.93. The highest BCUT2D eigenvalue weighted by molar-refractivity contribution is 5.93. The molecule has 2 aliphatic heterocycles. The molecule has 2 aliphatic rings. The molecule has 0 saturated carbocycles. The number of fused-ring (bicyclic) bond motifs is 1. The molecule has 2 saturated heterocycles. The predicted molar refractivity (Wildman–Crippen MR) is 120 cm³/mol. The number of amides is 1. The number of anilines is 2. The number of hydrogen-bond acceptors (Lipinski definition) is 8. The summed E-state index contributed by atoms with van der Waals surface area (Å²) >= 11 is 0. The van der Waals surface area contributed by atoms with Crippen LogP contribution in [0.5, 0.6) is 0 Å². The largest absolute Gasteiger partial charge is 0.378 e. The van der Waals surface area contributed by atoms with Gasteiger partial charge in [0.25, 0.3) is 5.91 Å². The molecule has 0 unspecified atom stereocenters. The van der Waals surface area contributed by atoms with Crippen LogP contribution in [0.2, 0.25) is 0 Å². The Balaban J connectivity index is 1.43. The van der Waals surface area contributed by atoms with E-state index in [0.717, 1.165) is 24.5 Å². The van der Waals surface area contributed by atoms with Crippen LogP contribution in [0.25, 0.3) is 5.65 Å². The third kappa shape index (κ3) is 4.41. The number of carbonyl (C=O) groups is 1. The number of morpholine rings is 1. The molecule has 10 heteroatoms. The summed E-state index contributed by atoms with van der Waals surface area (Å²) in [4.78, 5) is 19.4. The van der Waals surface area contributed by atoms with Crippen LogP contribution in [0, 0.1) is 6.92 Å². The molecule has 3 aromatic rings. The Morgan fingerprint density at radius 3 is 2.78 bits per heavy atom. The average molecular weight is 435 g/mol. The molecule has 10 nitrogen and oxygen atoms in total. The molecule has 5 rings (SSSR count). The lowest BCUT2D eigenvalue weighted by Gasteiger charge is -2.29. The van der Waals surface area contributed by atoms with Crippen LogP contribution in [-0.2, 0) is 9.47 Å². The Morgan fingerprint density at radius 2 is 2.03 bits per heavy atom. The van der Waals surface area contributed by atoms with Crippen molar-refractivity contribution in [3.8, 4) is 0 Å². The first kappa shape index (κ1) is 20.4. The fourth-order valence-electron chi connectivity index (χ4n) is 3.65. The molecule has 4 heterocycles. The number of hydrazone groups is 1. The van der Waals surface area contributed by atoms with E-state index in [9.17, 15) is 4.79 Å². The summed E-state index contributed by atoms with van der Waals surface area (Å²) in [7, 11) is 0. The molecule has 1 aromatic carbocycles. The maximum absolute atomic E-state index is 12.6. The zero-order chi connectivity index (χ0) is 21.9. The van der Waals surface area contributed by atoms with Crippen molar-refractivity contribution in [3.63, 3.8) is 0 Å². The van der Waals surface area contributed by atoms with E-state index in [4.69, 9.17) is 9.47 Å². The summed E-state index contributed by atoms with van der Waals surface area (Å²) in [5.41, 5.74) is 6.06. The summed E-state index contributed by atoms with van der Waals surface area (Å²) in [6, 6.07) is 11.7. The number of nitrogens with one attached hydrogen (secondary N) is 2. The smallest absolute Gasteiger partial charge is 0.272 e. The number of benzene rings is 1. The molecule has 1 amide bonds. The van der Waals surface area contributed by atoms with E-state index in [1.165, 1.54) is 5.56 Å². The molecule has 0 aliphatic carbocycles. The Hall–Kier alpha value is -3.50. The van der Waals surface area contributed by atoms with Gasteiger partial charge in [0.2, 0.25) is 0 Å². The van der Waals surface area contributed by atoms with E-state index >= 15 is 0 Å². The summed E-state index contributed by atoms with van der Waals surface area (Å²) in [5, 5.41) is 11.8. The fourth-order valence-corrected chi connectivity index (χ4v) is 3.65. The number of ether oxygens (including phenoxy) is 2. The lowest BCUT2D eigenvalue weighted by molar-refractivity contribution is -0.00355. The van der Waals surface area contributed by atoms with Gasteiger partial charge < -0.3 is 19.7 Å². The maximum Gasteiger partial charge on any atom is 0.272 e. The van der Waals surface area contributed by atoms with Gasteiger partial charge in [0, 0.05) is 25.2 Å². The van der Waals surface area contributed by atoms with Crippen molar-refractivity contribution in [2.75, 3.05) is 49.8 Å². The standard InChI is InChI=1S/C22H25N7O3/c1-15-3-2-4-16(9-15)12-23-26-19-11-21(28-5-7-31-8-6-28)29-20(25-19)10-18(27-29)22(30)24-17-13-32-14-17/h2-4,9-12,17H,5-8,13-14H2,1H3,(H,24,30)(H,25,26)/b23-12+. The van der Waals surface area contributed by atoms with Gasteiger partial charge in [-0.15, -0.1) is 0 Å². The second-order valence-corrected chi connectivity index (χ2v) is 7.89. The second-order valence-electron chi connectivity index (χ2n) is 7.89. The van der Waals surface area contributed by atoms with Crippen LogP contribution in [0.1, 0.15) is 21.6 Å². The van der Waals surface area contributed by atoms with Gasteiger partial charge in [-0.3, -0.25) is 10.2 Å². The Kier molecular flexibility index (Phi) is 5.70. The average Bonchev–Trinajstić information content (AvgIpc) is 3.21. The van der Waals surface area contributed by atoms with Crippen LogP contribution in [0.3, 0.4) is 0 Å². The molecular weight excluding hydrogens is 410 g/mol.